The average molecular weight is 581 g/mol. The highest BCUT2D eigenvalue weighted by Gasteiger charge is 2.36. The number of benzene rings is 3. The highest BCUT2D eigenvalue weighted by atomic mass is 35.5. The topological polar surface area (TPSA) is 84.9 Å². The van der Waals surface area contributed by atoms with Crippen molar-refractivity contribution in [3.8, 4) is 11.5 Å². The third-order valence-corrected chi connectivity index (χ3v) is 6.92. The Bertz CT molecular complexity index is 1480. The maximum Gasteiger partial charge on any atom is 0.294 e. The van der Waals surface area contributed by atoms with E-state index in [2.05, 4.69) is 11.9 Å². The van der Waals surface area contributed by atoms with Gasteiger partial charge in [0.2, 0.25) is 5.91 Å². The zero-order valence-corrected chi connectivity index (χ0v) is 23.2. The quantitative estimate of drug-likeness (QED) is 0.197. The zero-order chi connectivity index (χ0) is 28.6. The van der Waals surface area contributed by atoms with Gasteiger partial charge in [0.15, 0.2) is 11.5 Å². The highest BCUT2D eigenvalue weighted by molar-refractivity contribution is 8.18. The van der Waals surface area contributed by atoms with Gasteiger partial charge in [-0.2, -0.15) is 0 Å². The molecule has 1 heterocycles. The van der Waals surface area contributed by atoms with Gasteiger partial charge in [-0.3, -0.25) is 19.3 Å². The standard InChI is InChI=1S/C30H26ClFN2O5S/c1-3-8-21-13-20(14-25(38-4-2)28(21)39-18-19-9-6-5-7-10-19)15-26-29(36)34(30(37)40-26)17-27(35)33-22-11-12-24(32)23(31)16-22/h3,5-7,9-16H,1,4,8,17-18H2,2H3,(H,33,35)/b26-15-. The molecule has 0 spiro atoms. The summed E-state index contributed by atoms with van der Waals surface area (Å²) in [6.45, 7) is 5.93. The molecule has 7 nitrogen and oxygen atoms in total. The first-order valence-corrected chi connectivity index (χ1v) is 13.6. The minimum Gasteiger partial charge on any atom is -0.490 e. The summed E-state index contributed by atoms with van der Waals surface area (Å²) < 4.78 is 25.4. The molecule has 0 atom stereocenters. The smallest absolute Gasteiger partial charge is 0.294 e. The first-order valence-electron chi connectivity index (χ1n) is 12.4. The first-order chi connectivity index (χ1) is 19.3. The molecule has 3 aromatic carbocycles. The molecule has 10 heteroatoms. The van der Waals surface area contributed by atoms with Gasteiger partial charge in [0.05, 0.1) is 16.5 Å². The van der Waals surface area contributed by atoms with Gasteiger partial charge in [0, 0.05) is 11.3 Å². The third-order valence-electron chi connectivity index (χ3n) is 5.72. The molecule has 40 heavy (non-hydrogen) atoms. The Morgan fingerprint density at radius 3 is 2.60 bits per heavy atom. The van der Waals surface area contributed by atoms with E-state index < -0.39 is 29.4 Å². The van der Waals surface area contributed by atoms with Crippen LogP contribution in [0, 0.1) is 5.82 Å². The van der Waals surface area contributed by atoms with Crippen molar-refractivity contribution in [2.75, 3.05) is 18.5 Å². The van der Waals surface area contributed by atoms with E-state index >= 15 is 0 Å². The van der Waals surface area contributed by atoms with Crippen LogP contribution in [-0.2, 0) is 22.6 Å². The second kappa shape index (κ2) is 13.3. The Labute approximate surface area is 240 Å². The minimum atomic E-state index is -0.629. The van der Waals surface area contributed by atoms with Gasteiger partial charge in [-0.05, 0) is 72.6 Å². The van der Waals surface area contributed by atoms with E-state index in [1.807, 2.05) is 43.3 Å². The molecule has 0 aromatic heterocycles. The van der Waals surface area contributed by atoms with E-state index in [0.29, 0.717) is 36.7 Å². The van der Waals surface area contributed by atoms with Gasteiger partial charge in [-0.15, -0.1) is 6.58 Å². The molecule has 1 fully saturated rings. The predicted octanol–water partition coefficient (Wildman–Crippen LogP) is 6.86. The number of thioether (sulfide) groups is 1. The number of amides is 3. The van der Waals surface area contributed by atoms with Crippen molar-refractivity contribution in [3.63, 3.8) is 0 Å². The molecule has 0 aliphatic carbocycles. The van der Waals surface area contributed by atoms with Crippen molar-refractivity contribution in [1.82, 2.24) is 4.90 Å². The van der Waals surface area contributed by atoms with Crippen LogP contribution in [0.15, 0.2) is 78.2 Å². The Hall–Kier alpha value is -4.08. The molecule has 1 N–H and O–H groups in total. The molecular formula is C30H26ClFN2O5S. The Kier molecular flexibility index (Phi) is 9.63. The van der Waals surface area contributed by atoms with Crippen molar-refractivity contribution in [1.29, 1.82) is 0 Å². The van der Waals surface area contributed by atoms with E-state index in [1.54, 1.807) is 18.2 Å². The largest absolute Gasteiger partial charge is 0.490 e. The Morgan fingerprint density at radius 2 is 1.90 bits per heavy atom. The number of ether oxygens (including phenoxy) is 2. The van der Waals surface area contributed by atoms with Crippen LogP contribution >= 0.6 is 23.4 Å². The molecule has 3 amide bonds. The lowest BCUT2D eigenvalue weighted by molar-refractivity contribution is -0.127. The van der Waals surface area contributed by atoms with Crippen LogP contribution in [-0.4, -0.2) is 35.1 Å². The molecule has 0 bridgehead atoms. The number of nitrogens with zero attached hydrogens (tertiary/aromatic N) is 1. The Morgan fingerprint density at radius 1 is 1.12 bits per heavy atom. The zero-order valence-electron chi connectivity index (χ0n) is 21.6. The maximum atomic E-state index is 13.4. The van der Waals surface area contributed by atoms with Gasteiger partial charge in [0.1, 0.15) is 19.0 Å². The number of halogens is 2. The number of rotatable bonds is 11. The SMILES string of the molecule is C=CCc1cc(/C=C2\SC(=O)N(CC(=O)Nc3ccc(F)c(Cl)c3)C2=O)cc(OCC)c1OCc1ccccc1. The second-order valence-corrected chi connectivity index (χ2v) is 10.1. The van der Waals surface area contributed by atoms with Crippen LogP contribution in [0.2, 0.25) is 5.02 Å². The number of anilines is 1. The fourth-order valence-electron chi connectivity index (χ4n) is 3.94. The summed E-state index contributed by atoms with van der Waals surface area (Å²) in [6, 6.07) is 17.0. The molecule has 1 aliphatic heterocycles. The minimum absolute atomic E-state index is 0.160. The van der Waals surface area contributed by atoms with Crippen LogP contribution in [0.5, 0.6) is 11.5 Å². The van der Waals surface area contributed by atoms with Gasteiger partial charge >= 0.3 is 0 Å². The first kappa shape index (κ1) is 28.9. The van der Waals surface area contributed by atoms with E-state index in [-0.39, 0.29) is 15.6 Å². The van der Waals surface area contributed by atoms with Crippen molar-refractivity contribution < 1.29 is 28.2 Å². The van der Waals surface area contributed by atoms with Gasteiger partial charge < -0.3 is 14.8 Å². The number of hydrogen-bond donors (Lipinski definition) is 1. The van der Waals surface area contributed by atoms with E-state index in [1.165, 1.54) is 12.1 Å². The number of imide groups is 1. The average Bonchev–Trinajstić information content (AvgIpc) is 3.18. The molecular weight excluding hydrogens is 555 g/mol. The fourth-order valence-corrected chi connectivity index (χ4v) is 4.95. The van der Waals surface area contributed by atoms with Gasteiger partial charge in [-0.25, -0.2) is 4.39 Å². The number of allylic oxidation sites excluding steroid dienone is 1. The lowest BCUT2D eigenvalue weighted by Gasteiger charge is -2.17. The second-order valence-electron chi connectivity index (χ2n) is 8.65. The van der Waals surface area contributed by atoms with Crippen molar-refractivity contribution >= 4 is 52.2 Å². The number of nitrogens with one attached hydrogen (secondary N) is 1. The van der Waals surface area contributed by atoms with Crippen LogP contribution in [0.3, 0.4) is 0 Å². The summed E-state index contributed by atoms with van der Waals surface area (Å²) >= 11 is 6.48. The summed E-state index contributed by atoms with van der Waals surface area (Å²) in [7, 11) is 0. The number of carbonyl (C=O) groups is 3. The van der Waals surface area contributed by atoms with Crippen LogP contribution in [0.4, 0.5) is 14.9 Å². The van der Waals surface area contributed by atoms with Gasteiger partial charge in [0.25, 0.3) is 11.1 Å². The summed E-state index contributed by atoms with van der Waals surface area (Å²) in [6.07, 6.45) is 3.81. The van der Waals surface area contributed by atoms with Crippen molar-refractivity contribution in [2.24, 2.45) is 0 Å². The van der Waals surface area contributed by atoms with E-state index in [9.17, 15) is 18.8 Å². The predicted molar refractivity (Wildman–Crippen MR) is 155 cm³/mol. The lowest BCUT2D eigenvalue weighted by atomic mass is 10.0. The molecule has 3 aromatic rings. The lowest BCUT2D eigenvalue weighted by Crippen LogP contribution is -2.36. The summed E-state index contributed by atoms with van der Waals surface area (Å²) in [5, 5.41) is 1.77. The number of hydrogen-bond acceptors (Lipinski definition) is 6. The van der Waals surface area contributed by atoms with Crippen molar-refractivity contribution in [3.05, 3.63) is 106 Å². The molecule has 0 unspecified atom stereocenters. The van der Waals surface area contributed by atoms with E-state index in [0.717, 1.165) is 33.9 Å². The van der Waals surface area contributed by atoms with Crippen LogP contribution in [0.25, 0.3) is 6.08 Å². The van der Waals surface area contributed by atoms with Crippen molar-refractivity contribution in [2.45, 2.75) is 20.0 Å². The van der Waals surface area contributed by atoms with Gasteiger partial charge in [-0.1, -0.05) is 48.0 Å². The molecule has 206 valence electrons. The molecule has 0 radical (unpaired) electrons. The molecule has 4 rings (SSSR count). The Balaban J connectivity index is 1.54. The van der Waals surface area contributed by atoms with Crippen LogP contribution in [0.1, 0.15) is 23.6 Å². The third kappa shape index (κ3) is 7.11. The van der Waals surface area contributed by atoms with Crippen LogP contribution < -0.4 is 14.8 Å². The fraction of sp³-hybridized carbons (Fsp3) is 0.167. The summed E-state index contributed by atoms with van der Waals surface area (Å²) in [5.41, 5.74) is 2.67. The maximum absolute atomic E-state index is 13.4. The summed E-state index contributed by atoms with van der Waals surface area (Å²) in [4.78, 5) is 39.2. The number of carbonyl (C=O) groups excluding carboxylic acids is 3. The summed E-state index contributed by atoms with van der Waals surface area (Å²) in [5.74, 6) is -0.780. The molecule has 0 saturated carbocycles. The monoisotopic (exact) mass is 580 g/mol. The van der Waals surface area contributed by atoms with E-state index in [4.69, 9.17) is 21.1 Å². The normalized spacial score (nSPS) is 14.0. The molecule has 1 aliphatic rings. The highest BCUT2D eigenvalue weighted by Crippen LogP contribution is 2.38. The molecule has 1 saturated heterocycles.